The van der Waals surface area contributed by atoms with Crippen molar-refractivity contribution in [1.29, 1.82) is 0 Å². The average molecular weight is 259 g/mol. The molecule has 102 valence electrons. The highest BCUT2D eigenvalue weighted by Crippen LogP contribution is 2.25. The van der Waals surface area contributed by atoms with E-state index in [0.717, 1.165) is 36.3 Å². The van der Waals surface area contributed by atoms with E-state index in [-0.39, 0.29) is 0 Å². The number of hydrogen-bond donors (Lipinski definition) is 1. The molecule has 0 fully saturated rings. The fraction of sp³-hybridized carbons (Fsp3) is 0.429. The molecule has 0 saturated heterocycles. The van der Waals surface area contributed by atoms with Gasteiger partial charge in [-0.05, 0) is 12.8 Å². The zero-order chi connectivity index (χ0) is 13.7. The fourth-order valence-electron chi connectivity index (χ4n) is 1.95. The minimum absolute atomic E-state index is 0.912. The predicted molar refractivity (Wildman–Crippen MR) is 77.9 cm³/mol. The normalized spacial score (nSPS) is 11.3. The number of aryl methyl sites for hydroxylation is 2. The van der Waals surface area contributed by atoms with Crippen molar-refractivity contribution < 1.29 is 0 Å². The topological polar surface area (TPSA) is 47.7 Å². The molecule has 0 aliphatic heterocycles. The van der Waals surface area contributed by atoms with Gasteiger partial charge in [0.15, 0.2) is 0 Å². The van der Waals surface area contributed by atoms with Gasteiger partial charge < -0.3 is 5.32 Å². The first-order chi connectivity index (χ1) is 9.20. The summed E-state index contributed by atoms with van der Waals surface area (Å²) in [6.07, 6.45) is 12.3. The van der Waals surface area contributed by atoms with E-state index < -0.39 is 0 Å². The third-order valence-electron chi connectivity index (χ3n) is 2.84. The maximum Gasteiger partial charge on any atom is 0.119 e. The highest BCUT2D eigenvalue weighted by molar-refractivity contribution is 5.72. The molecule has 19 heavy (non-hydrogen) atoms. The van der Waals surface area contributed by atoms with Crippen LogP contribution in [0, 0.1) is 0 Å². The third kappa shape index (κ3) is 3.47. The van der Waals surface area contributed by atoms with Crippen LogP contribution in [0.3, 0.4) is 0 Å². The van der Waals surface area contributed by atoms with E-state index in [2.05, 4.69) is 34.6 Å². The summed E-state index contributed by atoms with van der Waals surface area (Å²) in [5.74, 6) is 0. The van der Waals surface area contributed by atoms with Crippen LogP contribution >= 0.6 is 0 Å². The number of allylic oxidation sites excluding steroid dienone is 1. The largest absolute Gasteiger partial charge is 0.382 e. The predicted octanol–water partition coefficient (Wildman–Crippen LogP) is 2.59. The molecule has 0 saturated carbocycles. The van der Waals surface area contributed by atoms with Crippen molar-refractivity contribution in [3.05, 3.63) is 30.7 Å². The Kier molecular flexibility index (Phi) is 4.39. The molecule has 5 nitrogen and oxygen atoms in total. The van der Waals surface area contributed by atoms with Gasteiger partial charge in [0.25, 0.3) is 0 Å². The Morgan fingerprint density at radius 2 is 2.05 bits per heavy atom. The molecule has 0 aliphatic rings. The molecular weight excluding hydrogens is 238 g/mol. The van der Waals surface area contributed by atoms with Crippen LogP contribution in [-0.4, -0.2) is 26.1 Å². The summed E-state index contributed by atoms with van der Waals surface area (Å²) in [6, 6.07) is 0. The minimum atomic E-state index is 0.912. The van der Waals surface area contributed by atoms with E-state index in [1.807, 2.05) is 37.4 Å². The number of nitrogens with zero attached hydrogens (tertiary/aromatic N) is 4. The Labute approximate surface area is 113 Å². The second kappa shape index (κ2) is 6.22. The highest BCUT2D eigenvalue weighted by Gasteiger charge is 2.10. The summed E-state index contributed by atoms with van der Waals surface area (Å²) >= 11 is 0. The van der Waals surface area contributed by atoms with Crippen molar-refractivity contribution in [3.63, 3.8) is 0 Å². The zero-order valence-corrected chi connectivity index (χ0v) is 11.8. The zero-order valence-electron chi connectivity index (χ0n) is 11.8. The van der Waals surface area contributed by atoms with Gasteiger partial charge in [-0.3, -0.25) is 9.36 Å². The van der Waals surface area contributed by atoms with Crippen LogP contribution in [0.4, 0.5) is 5.69 Å². The van der Waals surface area contributed by atoms with Crippen molar-refractivity contribution >= 4 is 5.69 Å². The highest BCUT2D eigenvalue weighted by atomic mass is 15.3. The first-order valence-corrected chi connectivity index (χ1v) is 6.62. The quantitative estimate of drug-likeness (QED) is 0.640. The standard InChI is InChI=1S/C14H21N5/c1-4-5-6-7-8-15-13-11-19(3)17-14(13)12-9-16-18(2)10-12/h5-6,9-11,15H,4,7-8H2,1-3H3/b6-5+. The van der Waals surface area contributed by atoms with E-state index in [4.69, 9.17) is 0 Å². The molecule has 0 amide bonds. The summed E-state index contributed by atoms with van der Waals surface area (Å²) in [5.41, 5.74) is 3.05. The van der Waals surface area contributed by atoms with Crippen molar-refractivity contribution in [2.45, 2.75) is 19.8 Å². The molecule has 5 heteroatoms. The van der Waals surface area contributed by atoms with Crippen molar-refractivity contribution in [2.75, 3.05) is 11.9 Å². The molecule has 2 aromatic heterocycles. The Hall–Kier alpha value is -2.04. The van der Waals surface area contributed by atoms with Gasteiger partial charge in [-0.2, -0.15) is 10.2 Å². The van der Waals surface area contributed by atoms with Crippen molar-refractivity contribution in [3.8, 4) is 11.3 Å². The molecule has 0 aromatic carbocycles. The maximum atomic E-state index is 4.49. The van der Waals surface area contributed by atoms with E-state index in [0.29, 0.717) is 0 Å². The molecule has 0 atom stereocenters. The Bertz CT molecular complexity index is 550. The van der Waals surface area contributed by atoms with Crippen LogP contribution in [-0.2, 0) is 14.1 Å². The smallest absolute Gasteiger partial charge is 0.119 e. The molecule has 0 bridgehead atoms. The van der Waals surface area contributed by atoms with Gasteiger partial charge in [-0.1, -0.05) is 19.1 Å². The first kappa shape index (κ1) is 13.4. The summed E-state index contributed by atoms with van der Waals surface area (Å²) < 4.78 is 3.62. The molecule has 0 radical (unpaired) electrons. The second-order valence-corrected chi connectivity index (χ2v) is 4.56. The van der Waals surface area contributed by atoms with Gasteiger partial charge in [-0.15, -0.1) is 0 Å². The summed E-state index contributed by atoms with van der Waals surface area (Å²) in [6.45, 7) is 3.06. The van der Waals surface area contributed by atoms with Crippen molar-refractivity contribution in [2.24, 2.45) is 14.1 Å². The van der Waals surface area contributed by atoms with Crippen LogP contribution in [0.25, 0.3) is 11.3 Å². The minimum Gasteiger partial charge on any atom is -0.382 e. The molecule has 0 spiro atoms. The summed E-state index contributed by atoms with van der Waals surface area (Å²) in [7, 11) is 3.84. The Balaban J connectivity index is 2.06. The van der Waals surface area contributed by atoms with Crippen LogP contribution < -0.4 is 5.32 Å². The molecular formula is C14H21N5. The van der Waals surface area contributed by atoms with Crippen molar-refractivity contribution in [1.82, 2.24) is 19.6 Å². The van der Waals surface area contributed by atoms with E-state index in [9.17, 15) is 0 Å². The Morgan fingerprint density at radius 3 is 2.74 bits per heavy atom. The number of anilines is 1. The van der Waals surface area contributed by atoms with E-state index in [1.165, 1.54) is 0 Å². The van der Waals surface area contributed by atoms with Gasteiger partial charge >= 0.3 is 0 Å². The SMILES string of the molecule is CC/C=C/CCNc1cn(C)nc1-c1cnn(C)c1. The van der Waals surface area contributed by atoms with Gasteiger partial charge in [0.05, 0.1) is 11.9 Å². The number of hydrogen-bond acceptors (Lipinski definition) is 3. The van der Waals surface area contributed by atoms with Crippen LogP contribution in [0.2, 0.25) is 0 Å². The molecule has 2 rings (SSSR count). The fourth-order valence-corrected chi connectivity index (χ4v) is 1.95. The Morgan fingerprint density at radius 1 is 1.21 bits per heavy atom. The monoisotopic (exact) mass is 259 g/mol. The van der Waals surface area contributed by atoms with Crippen LogP contribution in [0.15, 0.2) is 30.7 Å². The maximum absolute atomic E-state index is 4.49. The first-order valence-electron chi connectivity index (χ1n) is 6.62. The van der Waals surface area contributed by atoms with E-state index in [1.54, 1.807) is 4.68 Å². The lowest BCUT2D eigenvalue weighted by Gasteiger charge is -2.03. The number of rotatable bonds is 6. The third-order valence-corrected chi connectivity index (χ3v) is 2.84. The molecule has 0 aliphatic carbocycles. The van der Waals surface area contributed by atoms with E-state index >= 15 is 0 Å². The van der Waals surface area contributed by atoms with Crippen LogP contribution in [0.5, 0.6) is 0 Å². The lowest BCUT2D eigenvalue weighted by Crippen LogP contribution is -2.00. The number of aromatic nitrogens is 4. The lowest BCUT2D eigenvalue weighted by atomic mass is 10.2. The summed E-state index contributed by atoms with van der Waals surface area (Å²) in [5, 5.41) is 12.1. The summed E-state index contributed by atoms with van der Waals surface area (Å²) in [4.78, 5) is 0. The second-order valence-electron chi connectivity index (χ2n) is 4.56. The van der Waals surface area contributed by atoms with Gasteiger partial charge in [0, 0.05) is 38.6 Å². The molecule has 0 unspecified atom stereocenters. The average Bonchev–Trinajstić information content (AvgIpc) is 2.95. The van der Waals surface area contributed by atoms with Gasteiger partial charge in [-0.25, -0.2) is 0 Å². The number of nitrogens with one attached hydrogen (secondary N) is 1. The van der Waals surface area contributed by atoms with Crippen LogP contribution in [0.1, 0.15) is 19.8 Å². The molecule has 1 N–H and O–H groups in total. The van der Waals surface area contributed by atoms with Gasteiger partial charge in [0.2, 0.25) is 0 Å². The molecule has 2 heterocycles. The van der Waals surface area contributed by atoms with Gasteiger partial charge in [0.1, 0.15) is 5.69 Å². The lowest BCUT2D eigenvalue weighted by molar-refractivity contribution is 0.766. The molecule has 2 aromatic rings.